The average molecular weight is 270 g/mol. The van der Waals surface area contributed by atoms with Crippen LogP contribution < -0.4 is 15.6 Å². The average Bonchev–Trinajstić information content (AvgIpc) is 2.49. The highest BCUT2D eigenvalue weighted by molar-refractivity contribution is 5.80. The Labute approximate surface area is 118 Å². The predicted molar refractivity (Wildman–Crippen MR) is 78.0 cm³/mol. The summed E-state index contributed by atoms with van der Waals surface area (Å²) in [6.45, 7) is 2.29. The van der Waals surface area contributed by atoms with Crippen molar-refractivity contribution in [2.24, 2.45) is 0 Å². The van der Waals surface area contributed by atoms with Gasteiger partial charge in [0, 0.05) is 6.54 Å². The Kier molecular flexibility index (Phi) is 5.15. The first-order valence-electron chi connectivity index (χ1n) is 6.54. The van der Waals surface area contributed by atoms with Crippen LogP contribution in [0.4, 0.5) is 0 Å². The molecule has 0 aliphatic heterocycles. The van der Waals surface area contributed by atoms with Crippen LogP contribution in [0.5, 0.6) is 5.75 Å². The van der Waals surface area contributed by atoms with Crippen molar-refractivity contribution in [1.29, 1.82) is 0 Å². The Morgan fingerprint density at radius 2 is 1.65 bits per heavy atom. The Balaban J connectivity index is 1.74. The largest absolute Gasteiger partial charge is 0.481 e. The van der Waals surface area contributed by atoms with Crippen LogP contribution in [0.2, 0.25) is 0 Å². The number of rotatable bonds is 6. The first kappa shape index (κ1) is 14.1. The molecule has 0 saturated carbocycles. The molecule has 0 saturated heterocycles. The Morgan fingerprint density at radius 3 is 2.30 bits per heavy atom. The van der Waals surface area contributed by atoms with Crippen molar-refractivity contribution in [2.75, 3.05) is 0 Å². The van der Waals surface area contributed by atoms with Crippen LogP contribution in [0.3, 0.4) is 0 Å². The van der Waals surface area contributed by atoms with Gasteiger partial charge in [0.05, 0.1) is 0 Å². The molecular formula is C16H18N2O2. The van der Waals surface area contributed by atoms with Crippen molar-refractivity contribution in [2.45, 2.75) is 19.6 Å². The molecule has 0 spiro atoms. The van der Waals surface area contributed by atoms with Crippen LogP contribution >= 0.6 is 0 Å². The van der Waals surface area contributed by atoms with Gasteiger partial charge in [-0.1, -0.05) is 48.5 Å². The second kappa shape index (κ2) is 7.31. The number of ether oxygens (including phenoxy) is 1. The SMILES string of the molecule is C[C@H](Oc1ccccc1)C(=O)NNCc1ccccc1. The zero-order valence-electron chi connectivity index (χ0n) is 11.4. The number of amides is 1. The van der Waals surface area contributed by atoms with Gasteiger partial charge in [0.25, 0.3) is 5.91 Å². The molecule has 4 nitrogen and oxygen atoms in total. The third-order valence-electron chi connectivity index (χ3n) is 2.77. The molecule has 2 N–H and O–H groups in total. The summed E-state index contributed by atoms with van der Waals surface area (Å²) in [5, 5.41) is 0. The summed E-state index contributed by atoms with van der Waals surface area (Å²) in [4.78, 5) is 11.8. The molecule has 4 heteroatoms. The van der Waals surface area contributed by atoms with Gasteiger partial charge in [-0.05, 0) is 24.6 Å². The van der Waals surface area contributed by atoms with E-state index in [1.807, 2.05) is 60.7 Å². The lowest BCUT2D eigenvalue weighted by Crippen LogP contribution is -2.44. The number of hydrogen-bond acceptors (Lipinski definition) is 3. The molecule has 2 aromatic carbocycles. The topological polar surface area (TPSA) is 50.4 Å². The van der Waals surface area contributed by atoms with Crippen LogP contribution in [0.15, 0.2) is 60.7 Å². The fourth-order valence-electron chi connectivity index (χ4n) is 1.69. The standard InChI is InChI=1S/C16H18N2O2/c1-13(20-15-10-6-3-7-11-15)16(19)18-17-12-14-8-4-2-5-9-14/h2-11,13,17H,12H2,1H3,(H,18,19)/t13-/m0/s1. The van der Waals surface area contributed by atoms with Gasteiger partial charge in [-0.2, -0.15) is 0 Å². The molecule has 0 fully saturated rings. The fraction of sp³-hybridized carbons (Fsp3) is 0.188. The van der Waals surface area contributed by atoms with Gasteiger partial charge in [-0.15, -0.1) is 0 Å². The third kappa shape index (κ3) is 4.40. The van der Waals surface area contributed by atoms with E-state index < -0.39 is 6.10 Å². The summed E-state index contributed by atoms with van der Waals surface area (Å²) in [5.41, 5.74) is 6.63. The lowest BCUT2D eigenvalue weighted by Gasteiger charge is -2.15. The van der Waals surface area contributed by atoms with Crippen LogP contribution in [0.25, 0.3) is 0 Å². The van der Waals surface area contributed by atoms with E-state index in [1.165, 1.54) is 0 Å². The summed E-state index contributed by atoms with van der Waals surface area (Å²) >= 11 is 0. The van der Waals surface area contributed by atoms with E-state index in [-0.39, 0.29) is 5.91 Å². The van der Waals surface area contributed by atoms with Crippen molar-refractivity contribution in [3.8, 4) is 5.75 Å². The van der Waals surface area contributed by atoms with Gasteiger partial charge >= 0.3 is 0 Å². The highest BCUT2D eigenvalue weighted by atomic mass is 16.5. The smallest absolute Gasteiger partial charge is 0.274 e. The molecule has 0 aliphatic carbocycles. The van der Waals surface area contributed by atoms with Crippen LogP contribution in [-0.4, -0.2) is 12.0 Å². The van der Waals surface area contributed by atoms with E-state index in [4.69, 9.17) is 4.74 Å². The number of nitrogens with one attached hydrogen (secondary N) is 2. The molecule has 104 valence electrons. The van der Waals surface area contributed by atoms with Gasteiger partial charge < -0.3 is 4.74 Å². The second-order valence-electron chi connectivity index (χ2n) is 4.40. The third-order valence-corrected chi connectivity index (χ3v) is 2.77. The lowest BCUT2D eigenvalue weighted by atomic mass is 10.2. The summed E-state index contributed by atoms with van der Waals surface area (Å²) < 4.78 is 5.53. The number of hydrazine groups is 1. The zero-order valence-corrected chi connectivity index (χ0v) is 11.4. The van der Waals surface area contributed by atoms with E-state index in [0.29, 0.717) is 12.3 Å². The number of carbonyl (C=O) groups excluding carboxylic acids is 1. The number of benzene rings is 2. The van der Waals surface area contributed by atoms with E-state index in [1.54, 1.807) is 6.92 Å². The maximum atomic E-state index is 11.8. The van der Waals surface area contributed by atoms with Gasteiger partial charge in [-0.3, -0.25) is 10.2 Å². The number of para-hydroxylation sites is 1. The van der Waals surface area contributed by atoms with E-state index in [0.717, 1.165) is 5.56 Å². The minimum Gasteiger partial charge on any atom is -0.481 e. The summed E-state index contributed by atoms with van der Waals surface area (Å²) in [7, 11) is 0. The van der Waals surface area contributed by atoms with Crippen LogP contribution in [0, 0.1) is 0 Å². The summed E-state index contributed by atoms with van der Waals surface area (Å²) in [5.74, 6) is 0.475. The lowest BCUT2D eigenvalue weighted by molar-refractivity contribution is -0.128. The predicted octanol–water partition coefficient (Wildman–Crippen LogP) is 2.27. The van der Waals surface area contributed by atoms with Crippen molar-refractivity contribution in [3.63, 3.8) is 0 Å². The van der Waals surface area contributed by atoms with E-state index >= 15 is 0 Å². The fourth-order valence-corrected chi connectivity index (χ4v) is 1.69. The van der Waals surface area contributed by atoms with Gasteiger partial charge in [-0.25, -0.2) is 5.43 Å². The maximum Gasteiger partial charge on any atom is 0.274 e. The van der Waals surface area contributed by atoms with Crippen LogP contribution in [-0.2, 0) is 11.3 Å². The highest BCUT2D eigenvalue weighted by Crippen LogP contribution is 2.10. The molecule has 1 amide bonds. The summed E-state index contributed by atoms with van der Waals surface area (Å²) in [6, 6.07) is 19.1. The van der Waals surface area contributed by atoms with E-state index in [2.05, 4.69) is 10.9 Å². The quantitative estimate of drug-likeness (QED) is 0.792. The monoisotopic (exact) mass is 270 g/mol. The van der Waals surface area contributed by atoms with Gasteiger partial charge in [0.1, 0.15) is 5.75 Å². The Bertz CT molecular complexity index is 529. The minimum atomic E-state index is -0.555. The molecule has 0 radical (unpaired) electrons. The molecular weight excluding hydrogens is 252 g/mol. The van der Waals surface area contributed by atoms with Gasteiger partial charge in [0.2, 0.25) is 0 Å². The normalized spacial score (nSPS) is 11.7. The molecule has 0 bridgehead atoms. The highest BCUT2D eigenvalue weighted by Gasteiger charge is 2.13. The number of hydrogen-bond donors (Lipinski definition) is 2. The van der Waals surface area contributed by atoms with Crippen molar-refractivity contribution < 1.29 is 9.53 Å². The molecule has 1 atom stereocenters. The summed E-state index contributed by atoms with van der Waals surface area (Å²) in [6.07, 6.45) is -0.555. The number of carbonyl (C=O) groups is 1. The van der Waals surface area contributed by atoms with E-state index in [9.17, 15) is 4.79 Å². The van der Waals surface area contributed by atoms with Crippen molar-refractivity contribution in [3.05, 3.63) is 66.2 Å². The Hall–Kier alpha value is -2.33. The molecule has 0 aliphatic rings. The Morgan fingerprint density at radius 1 is 1.05 bits per heavy atom. The molecule has 0 heterocycles. The zero-order chi connectivity index (χ0) is 14.2. The first-order valence-corrected chi connectivity index (χ1v) is 6.54. The van der Waals surface area contributed by atoms with Gasteiger partial charge in [0.15, 0.2) is 6.10 Å². The maximum absolute atomic E-state index is 11.8. The minimum absolute atomic E-state index is 0.204. The van der Waals surface area contributed by atoms with Crippen molar-refractivity contribution >= 4 is 5.91 Å². The molecule has 0 unspecified atom stereocenters. The molecule has 2 aromatic rings. The van der Waals surface area contributed by atoms with Crippen LogP contribution in [0.1, 0.15) is 12.5 Å². The first-order chi connectivity index (χ1) is 9.75. The molecule has 0 aromatic heterocycles. The second-order valence-corrected chi connectivity index (χ2v) is 4.40. The van der Waals surface area contributed by atoms with Crippen molar-refractivity contribution in [1.82, 2.24) is 10.9 Å². The molecule has 2 rings (SSSR count). The molecule has 20 heavy (non-hydrogen) atoms.